The van der Waals surface area contributed by atoms with Crippen LogP contribution < -0.4 is 0 Å². The molecule has 18 heavy (non-hydrogen) atoms. The van der Waals surface area contributed by atoms with E-state index >= 15 is 0 Å². The summed E-state index contributed by atoms with van der Waals surface area (Å²) in [5.74, 6) is -6.60. The minimum Gasteiger partial charge on any atom is -0.248 e. The summed E-state index contributed by atoms with van der Waals surface area (Å²) in [6.45, 7) is 0. The highest BCUT2D eigenvalue weighted by molar-refractivity contribution is 7.99. The molecule has 0 aromatic carbocycles. The maximum atomic E-state index is 13.3. The minimum atomic E-state index is -1.72. The van der Waals surface area contributed by atoms with E-state index in [1.807, 2.05) is 0 Å². The van der Waals surface area contributed by atoms with Crippen LogP contribution in [-0.4, -0.2) is 9.97 Å². The van der Waals surface area contributed by atoms with E-state index in [0.717, 1.165) is 0 Å². The van der Waals surface area contributed by atoms with Gasteiger partial charge in [0.05, 0.1) is 9.92 Å². The van der Waals surface area contributed by atoms with Gasteiger partial charge in [-0.05, 0) is 12.1 Å². The summed E-state index contributed by atoms with van der Waals surface area (Å²) >= 11 is 6.11. The Morgan fingerprint density at radius 1 is 1.06 bits per heavy atom. The first-order chi connectivity index (χ1) is 8.50. The Morgan fingerprint density at radius 2 is 1.67 bits per heavy atom. The lowest BCUT2D eigenvalue weighted by Gasteiger charge is -2.06. The number of hydrogen-bond acceptors (Lipinski definition) is 3. The van der Waals surface area contributed by atoms with Crippen LogP contribution in [0.2, 0.25) is 5.02 Å². The van der Waals surface area contributed by atoms with Gasteiger partial charge in [0.2, 0.25) is 0 Å². The van der Waals surface area contributed by atoms with Gasteiger partial charge in [0.25, 0.3) is 11.9 Å². The van der Waals surface area contributed by atoms with E-state index in [4.69, 9.17) is 11.6 Å². The standard InChI is InChI=1S/C10H3ClF4N2S/c11-4-2-1-3-16-10(4)18-7-5(12)8(14)17-9(15)6(7)13/h1-3H. The second kappa shape index (κ2) is 5.11. The summed E-state index contributed by atoms with van der Waals surface area (Å²) in [7, 11) is 0. The zero-order valence-corrected chi connectivity index (χ0v) is 10.00. The third-order valence-electron chi connectivity index (χ3n) is 1.88. The summed E-state index contributed by atoms with van der Waals surface area (Å²) < 4.78 is 52.4. The van der Waals surface area contributed by atoms with Crippen molar-refractivity contribution in [2.24, 2.45) is 0 Å². The molecule has 0 fully saturated rings. The molecular weight excluding hydrogens is 292 g/mol. The Labute approximate surface area is 108 Å². The van der Waals surface area contributed by atoms with E-state index in [9.17, 15) is 17.6 Å². The maximum Gasteiger partial charge on any atom is 0.252 e. The zero-order valence-electron chi connectivity index (χ0n) is 8.42. The molecule has 8 heteroatoms. The lowest BCUT2D eigenvalue weighted by atomic mass is 10.4. The van der Waals surface area contributed by atoms with Crippen LogP contribution in [-0.2, 0) is 0 Å². The third kappa shape index (κ3) is 2.41. The lowest BCUT2D eigenvalue weighted by Crippen LogP contribution is -2.02. The van der Waals surface area contributed by atoms with Crippen LogP contribution in [0.25, 0.3) is 0 Å². The summed E-state index contributed by atoms with van der Waals surface area (Å²) in [6.07, 6.45) is 1.33. The number of pyridine rings is 2. The first-order valence-corrected chi connectivity index (χ1v) is 5.68. The molecule has 0 aliphatic carbocycles. The summed E-state index contributed by atoms with van der Waals surface area (Å²) in [5, 5.41) is 0.140. The molecule has 0 radical (unpaired) electrons. The van der Waals surface area contributed by atoms with Crippen molar-refractivity contribution in [2.45, 2.75) is 9.92 Å². The third-order valence-corrected chi connectivity index (χ3v) is 3.38. The smallest absolute Gasteiger partial charge is 0.248 e. The second-order valence-electron chi connectivity index (χ2n) is 3.04. The molecule has 2 rings (SSSR count). The van der Waals surface area contributed by atoms with Gasteiger partial charge in [0.15, 0.2) is 11.6 Å². The van der Waals surface area contributed by atoms with Crippen LogP contribution in [0.1, 0.15) is 0 Å². The van der Waals surface area contributed by atoms with Crippen LogP contribution in [0.3, 0.4) is 0 Å². The van der Waals surface area contributed by atoms with Crippen LogP contribution in [0.5, 0.6) is 0 Å². The maximum absolute atomic E-state index is 13.3. The number of halogens is 5. The van der Waals surface area contributed by atoms with Crippen LogP contribution >= 0.6 is 23.4 Å². The van der Waals surface area contributed by atoms with Gasteiger partial charge in [-0.15, -0.1) is 0 Å². The van der Waals surface area contributed by atoms with Crippen LogP contribution in [0, 0.1) is 23.5 Å². The molecule has 94 valence electrons. The Balaban J connectivity index is 2.50. The van der Waals surface area contributed by atoms with Crippen molar-refractivity contribution in [3.05, 3.63) is 46.9 Å². The van der Waals surface area contributed by atoms with Gasteiger partial charge < -0.3 is 0 Å². The van der Waals surface area contributed by atoms with Gasteiger partial charge in [0, 0.05) is 6.20 Å². The molecule has 0 aliphatic heterocycles. The zero-order chi connectivity index (χ0) is 13.3. The van der Waals surface area contributed by atoms with E-state index < -0.39 is 28.4 Å². The molecule has 0 aliphatic rings. The van der Waals surface area contributed by atoms with Crippen molar-refractivity contribution in [3.8, 4) is 0 Å². The Hall–Kier alpha value is -1.34. The highest BCUT2D eigenvalue weighted by Gasteiger charge is 2.22. The number of hydrogen-bond donors (Lipinski definition) is 0. The molecule has 0 saturated heterocycles. The van der Waals surface area contributed by atoms with Crippen molar-refractivity contribution in [3.63, 3.8) is 0 Å². The summed E-state index contributed by atoms with van der Waals surface area (Å²) in [4.78, 5) is 5.32. The van der Waals surface area contributed by atoms with Crippen LogP contribution in [0.4, 0.5) is 17.6 Å². The van der Waals surface area contributed by atoms with Crippen molar-refractivity contribution >= 4 is 23.4 Å². The molecule has 0 saturated carbocycles. The molecule has 2 heterocycles. The first kappa shape index (κ1) is 13.1. The van der Waals surface area contributed by atoms with Crippen molar-refractivity contribution in [1.82, 2.24) is 9.97 Å². The van der Waals surface area contributed by atoms with E-state index in [1.165, 1.54) is 18.3 Å². The quantitative estimate of drug-likeness (QED) is 0.622. The van der Waals surface area contributed by atoms with E-state index in [2.05, 4.69) is 9.97 Å². The molecule has 0 unspecified atom stereocenters. The molecule has 0 amide bonds. The monoisotopic (exact) mass is 294 g/mol. The topological polar surface area (TPSA) is 25.8 Å². The van der Waals surface area contributed by atoms with Crippen molar-refractivity contribution in [2.75, 3.05) is 0 Å². The van der Waals surface area contributed by atoms with Gasteiger partial charge >= 0.3 is 0 Å². The Morgan fingerprint density at radius 3 is 2.22 bits per heavy atom. The average molecular weight is 295 g/mol. The fraction of sp³-hybridized carbons (Fsp3) is 0. The van der Waals surface area contributed by atoms with Gasteiger partial charge in [0.1, 0.15) is 5.03 Å². The number of rotatable bonds is 2. The molecule has 2 aromatic heterocycles. The fourth-order valence-corrected chi connectivity index (χ4v) is 2.16. The fourth-order valence-electron chi connectivity index (χ4n) is 1.10. The normalized spacial score (nSPS) is 10.7. The van der Waals surface area contributed by atoms with Gasteiger partial charge in [-0.1, -0.05) is 23.4 Å². The molecule has 2 aromatic rings. The molecule has 0 atom stereocenters. The average Bonchev–Trinajstić information content (AvgIpc) is 2.34. The highest BCUT2D eigenvalue weighted by atomic mass is 35.5. The van der Waals surface area contributed by atoms with Crippen molar-refractivity contribution < 1.29 is 17.6 Å². The SMILES string of the molecule is Fc1nc(F)c(F)c(Sc2ncccc2Cl)c1F. The van der Waals surface area contributed by atoms with Gasteiger partial charge in [-0.3, -0.25) is 0 Å². The van der Waals surface area contributed by atoms with E-state index in [1.54, 1.807) is 0 Å². The first-order valence-electron chi connectivity index (χ1n) is 4.49. The number of aromatic nitrogens is 2. The summed E-state index contributed by atoms with van der Waals surface area (Å²) in [5.41, 5.74) is 0. The van der Waals surface area contributed by atoms with Gasteiger partial charge in [-0.25, -0.2) is 13.8 Å². The van der Waals surface area contributed by atoms with E-state index in [-0.39, 0.29) is 10.0 Å². The minimum absolute atomic E-state index is 0.0296. The predicted molar refractivity (Wildman–Crippen MR) is 57.4 cm³/mol. The molecule has 2 nitrogen and oxygen atoms in total. The lowest BCUT2D eigenvalue weighted by molar-refractivity contribution is 0.383. The molecule has 0 spiro atoms. The van der Waals surface area contributed by atoms with Gasteiger partial charge in [-0.2, -0.15) is 13.8 Å². The Bertz CT molecular complexity index is 582. The number of nitrogens with zero attached hydrogens (tertiary/aromatic N) is 2. The van der Waals surface area contributed by atoms with E-state index in [0.29, 0.717) is 11.8 Å². The predicted octanol–water partition coefficient (Wildman–Crippen LogP) is 3.84. The second-order valence-corrected chi connectivity index (χ2v) is 4.45. The highest BCUT2D eigenvalue weighted by Crippen LogP contribution is 2.35. The summed E-state index contributed by atoms with van der Waals surface area (Å²) in [6, 6.07) is 2.94. The van der Waals surface area contributed by atoms with Crippen LogP contribution in [0.15, 0.2) is 28.3 Å². The largest absolute Gasteiger partial charge is 0.252 e. The van der Waals surface area contributed by atoms with Crippen molar-refractivity contribution in [1.29, 1.82) is 0 Å². The molecule has 0 bridgehead atoms. The molecule has 0 N–H and O–H groups in total. The Kier molecular flexibility index (Phi) is 3.72. The molecular formula is C10H3ClF4N2S.